The first-order valence-electron chi connectivity index (χ1n) is 7.01. The Bertz CT molecular complexity index is 180. The Morgan fingerprint density at radius 2 is 2.06 bits per heavy atom. The van der Waals surface area contributed by atoms with Crippen LogP contribution < -0.4 is 5.32 Å². The van der Waals surface area contributed by atoms with Crippen LogP contribution in [0.5, 0.6) is 0 Å². The first-order chi connectivity index (χ1) is 7.63. The molecule has 3 atom stereocenters. The highest BCUT2D eigenvalue weighted by atomic mass is 15.1. The Morgan fingerprint density at radius 1 is 1.31 bits per heavy atom. The molecule has 1 fully saturated rings. The largest absolute Gasteiger partial charge is 0.314 e. The second-order valence-corrected chi connectivity index (χ2v) is 5.79. The van der Waals surface area contributed by atoms with Gasteiger partial charge in [-0.2, -0.15) is 0 Å². The summed E-state index contributed by atoms with van der Waals surface area (Å²) in [5.74, 6) is 1.86. The van der Waals surface area contributed by atoms with Gasteiger partial charge in [-0.3, -0.25) is 0 Å². The molecule has 2 nitrogen and oxygen atoms in total. The lowest BCUT2D eigenvalue weighted by Gasteiger charge is -2.34. The second kappa shape index (κ2) is 7.29. The van der Waals surface area contributed by atoms with E-state index in [1.165, 1.54) is 38.6 Å². The van der Waals surface area contributed by atoms with E-state index < -0.39 is 0 Å². The quantitative estimate of drug-likeness (QED) is 0.749. The Kier molecular flexibility index (Phi) is 6.37. The van der Waals surface area contributed by atoms with Gasteiger partial charge in [-0.1, -0.05) is 26.7 Å². The maximum absolute atomic E-state index is 3.70. The highest BCUT2D eigenvalue weighted by Gasteiger charge is 2.25. The number of rotatable bonds is 6. The van der Waals surface area contributed by atoms with Crippen LogP contribution >= 0.6 is 0 Å². The highest BCUT2D eigenvalue weighted by molar-refractivity contribution is 4.81. The van der Waals surface area contributed by atoms with Crippen LogP contribution in [0.3, 0.4) is 0 Å². The van der Waals surface area contributed by atoms with Crippen molar-refractivity contribution in [3.05, 3.63) is 0 Å². The van der Waals surface area contributed by atoms with E-state index in [-0.39, 0.29) is 0 Å². The monoisotopic (exact) mass is 226 g/mol. The Balaban J connectivity index is 2.40. The van der Waals surface area contributed by atoms with Crippen LogP contribution in [0.1, 0.15) is 46.0 Å². The van der Waals surface area contributed by atoms with Crippen molar-refractivity contribution in [2.45, 2.75) is 52.0 Å². The first kappa shape index (κ1) is 14.0. The van der Waals surface area contributed by atoms with Crippen LogP contribution in [0, 0.1) is 11.8 Å². The molecule has 1 N–H and O–H groups in total. The molecular weight excluding hydrogens is 196 g/mol. The normalized spacial score (nSPS) is 28.3. The summed E-state index contributed by atoms with van der Waals surface area (Å²) in [7, 11) is 4.35. The minimum absolute atomic E-state index is 0.746. The van der Waals surface area contributed by atoms with Crippen LogP contribution in [0.15, 0.2) is 0 Å². The van der Waals surface area contributed by atoms with E-state index in [0.717, 1.165) is 24.4 Å². The third kappa shape index (κ3) is 4.84. The molecule has 3 unspecified atom stereocenters. The maximum atomic E-state index is 3.70. The summed E-state index contributed by atoms with van der Waals surface area (Å²) in [4.78, 5) is 2.30. The third-order valence-electron chi connectivity index (χ3n) is 3.90. The molecule has 0 aliphatic heterocycles. The van der Waals surface area contributed by atoms with Gasteiger partial charge in [0.1, 0.15) is 0 Å². The minimum Gasteiger partial charge on any atom is -0.314 e. The number of hydrogen-bond acceptors (Lipinski definition) is 2. The molecule has 0 bridgehead atoms. The van der Waals surface area contributed by atoms with E-state index in [2.05, 4.69) is 38.2 Å². The van der Waals surface area contributed by atoms with Gasteiger partial charge in [0, 0.05) is 6.04 Å². The van der Waals surface area contributed by atoms with E-state index in [9.17, 15) is 0 Å². The number of hydrogen-bond donors (Lipinski definition) is 1. The molecule has 16 heavy (non-hydrogen) atoms. The van der Waals surface area contributed by atoms with Gasteiger partial charge in [0.2, 0.25) is 0 Å². The van der Waals surface area contributed by atoms with E-state index >= 15 is 0 Å². The van der Waals surface area contributed by atoms with E-state index in [1.54, 1.807) is 0 Å². The van der Waals surface area contributed by atoms with Gasteiger partial charge in [0.25, 0.3) is 0 Å². The van der Waals surface area contributed by atoms with E-state index in [1.807, 2.05) is 0 Å². The van der Waals surface area contributed by atoms with Gasteiger partial charge in [-0.25, -0.2) is 0 Å². The fourth-order valence-corrected chi connectivity index (χ4v) is 3.01. The fourth-order valence-electron chi connectivity index (χ4n) is 3.01. The van der Waals surface area contributed by atoms with Crippen molar-refractivity contribution >= 4 is 0 Å². The molecule has 0 aromatic heterocycles. The van der Waals surface area contributed by atoms with Crippen molar-refractivity contribution in [1.29, 1.82) is 0 Å². The highest BCUT2D eigenvalue weighted by Crippen LogP contribution is 2.31. The summed E-state index contributed by atoms with van der Waals surface area (Å²) in [6, 6.07) is 0.746. The van der Waals surface area contributed by atoms with Crippen molar-refractivity contribution in [1.82, 2.24) is 10.2 Å². The summed E-state index contributed by atoms with van der Waals surface area (Å²) in [6.45, 7) is 6.97. The Morgan fingerprint density at radius 3 is 2.62 bits per heavy atom. The molecule has 0 aromatic carbocycles. The molecule has 2 heteroatoms. The SMILES string of the molecule is CCNC(CCN(C)C)C1CCCC(C)C1. The second-order valence-electron chi connectivity index (χ2n) is 5.79. The van der Waals surface area contributed by atoms with Gasteiger partial charge in [-0.15, -0.1) is 0 Å². The predicted octanol–water partition coefficient (Wildman–Crippen LogP) is 2.74. The third-order valence-corrected chi connectivity index (χ3v) is 3.90. The van der Waals surface area contributed by atoms with Crippen molar-refractivity contribution < 1.29 is 0 Å². The summed E-state index contributed by atoms with van der Waals surface area (Å²) >= 11 is 0. The minimum atomic E-state index is 0.746. The zero-order chi connectivity index (χ0) is 12.0. The lowest BCUT2D eigenvalue weighted by molar-refractivity contribution is 0.206. The predicted molar refractivity (Wildman–Crippen MR) is 71.8 cm³/mol. The summed E-state index contributed by atoms with van der Waals surface area (Å²) in [5.41, 5.74) is 0. The van der Waals surface area contributed by atoms with Gasteiger partial charge < -0.3 is 10.2 Å². The molecule has 0 radical (unpaired) electrons. The molecule has 1 aliphatic rings. The summed E-state index contributed by atoms with van der Waals surface area (Å²) < 4.78 is 0. The smallest absolute Gasteiger partial charge is 0.0107 e. The van der Waals surface area contributed by atoms with Gasteiger partial charge >= 0.3 is 0 Å². The lowest BCUT2D eigenvalue weighted by Crippen LogP contribution is -2.40. The van der Waals surface area contributed by atoms with Crippen molar-refractivity contribution in [2.75, 3.05) is 27.2 Å². The topological polar surface area (TPSA) is 15.3 Å². The number of nitrogens with zero attached hydrogens (tertiary/aromatic N) is 1. The molecule has 1 rings (SSSR count). The van der Waals surface area contributed by atoms with Crippen molar-refractivity contribution in [2.24, 2.45) is 11.8 Å². The molecule has 0 spiro atoms. The van der Waals surface area contributed by atoms with Crippen molar-refractivity contribution in [3.63, 3.8) is 0 Å². The van der Waals surface area contributed by atoms with Gasteiger partial charge in [0.15, 0.2) is 0 Å². The average Bonchev–Trinajstić information content (AvgIpc) is 2.24. The molecule has 96 valence electrons. The zero-order valence-electron chi connectivity index (χ0n) is 11.6. The molecule has 0 amide bonds. The van der Waals surface area contributed by atoms with Crippen LogP contribution in [0.25, 0.3) is 0 Å². The average molecular weight is 226 g/mol. The number of nitrogens with one attached hydrogen (secondary N) is 1. The van der Waals surface area contributed by atoms with Crippen molar-refractivity contribution in [3.8, 4) is 0 Å². The lowest BCUT2D eigenvalue weighted by atomic mass is 9.77. The molecule has 0 heterocycles. The van der Waals surface area contributed by atoms with E-state index in [4.69, 9.17) is 0 Å². The molecular formula is C14H30N2. The Hall–Kier alpha value is -0.0800. The zero-order valence-corrected chi connectivity index (χ0v) is 11.6. The fraction of sp³-hybridized carbons (Fsp3) is 1.00. The van der Waals surface area contributed by atoms with Crippen LogP contribution in [-0.2, 0) is 0 Å². The van der Waals surface area contributed by atoms with E-state index in [0.29, 0.717) is 0 Å². The van der Waals surface area contributed by atoms with Crippen LogP contribution in [-0.4, -0.2) is 38.1 Å². The Labute approximate surface area is 102 Å². The maximum Gasteiger partial charge on any atom is 0.0107 e. The summed E-state index contributed by atoms with van der Waals surface area (Å²) in [6.07, 6.45) is 7.07. The van der Waals surface area contributed by atoms with Crippen LogP contribution in [0.2, 0.25) is 0 Å². The van der Waals surface area contributed by atoms with Crippen LogP contribution in [0.4, 0.5) is 0 Å². The summed E-state index contributed by atoms with van der Waals surface area (Å²) in [5, 5.41) is 3.70. The van der Waals surface area contributed by atoms with Gasteiger partial charge in [-0.05, 0) is 58.3 Å². The molecule has 1 aliphatic carbocycles. The van der Waals surface area contributed by atoms with Gasteiger partial charge in [0.05, 0.1) is 0 Å². The standard InChI is InChI=1S/C14H30N2/c1-5-15-14(9-10-16(3)4)13-8-6-7-12(2)11-13/h12-15H,5-11H2,1-4H3. The molecule has 1 saturated carbocycles. The molecule has 0 aromatic rings. The molecule has 0 saturated heterocycles. The first-order valence-corrected chi connectivity index (χ1v) is 7.01.